The monoisotopic (exact) mass is 398 g/mol. The fourth-order valence-corrected chi connectivity index (χ4v) is 2.97. The number of halogens is 3. The fraction of sp³-hybridized carbons (Fsp3) is 0.250. The van der Waals surface area contributed by atoms with Crippen molar-refractivity contribution in [1.82, 2.24) is 20.3 Å². The molecule has 0 unspecified atom stereocenters. The first kappa shape index (κ1) is 18.4. The number of benzene rings is 1. The van der Waals surface area contributed by atoms with E-state index in [4.69, 9.17) is 11.6 Å². The molecule has 0 aliphatic carbocycles. The quantitative estimate of drug-likeness (QED) is 0.642. The van der Waals surface area contributed by atoms with E-state index < -0.39 is 6.11 Å². The third-order valence-electron chi connectivity index (χ3n) is 3.23. The lowest BCUT2D eigenvalue weighted by Gasteiger charge is -2.13. The Morgan fingerprint density at radius 1 is 1.31 bits per heavy atom. The van der Waals surface area contributed by atoms with Crippen LogP contribution in [-0.4, -0.2) is 32.8 Å². The number of carbonyl (C=O) groups excluding carboxylic acids is 1. The molecule has 2 aromatic heterocycles. The molecule has 0 aliphatic rings. The summed E-state index contributed by atoms with van der Waals surface area (Å²) in [6, 6.07) is 6.09. The molecule has 0 bridgehead atoms. The number of fused-ring (bicyclic) bond motifs is 1. The Morgan fingerprint density at radius 2 is 2.04 bits per heavy atom. The van der Waals surface area contributed by atoms with Crippen molar-refractivity contribution in [3.05, 3.63) is 35.6 Å². The van der Waals surface area contributed by atoms with Crippen molar-refractivity contribution >= 4 is 39.2 Å². The van der Waals surface area contributed by atoms with E-state index in [9.17, 15) is 13.6 Å². The Hall–Kier alpha value is -2.39. The number of nitrogens with zero attached hydrogens (tertiary/aromatic N) is 3. The van der Waals surface area contributed by atoms with Crippen molar-refractivity contribution < 1.29 is 18.3 Å². The van der Waals surface area contributed by atoms with E-state index in [-0.39, 0.29) is 24.1 Å². The molecule has 136 valence electrons. The fourth-order valence-electron chi connectivity index (χ4n) is 2.20. The van der Waals surface area contributed by atoms with Crippen LogP contribution in [-0.2, 0) is 11.3 Å². The molecule has 0 saturated carbocycles. The molecule has 0 atom stereocenters. The number of thiazole rings is 1. The number of rotatable bonds is 6. The Morgan fingerprint density at radius 3 is 2.69 bits per heavy atom. The van der Waals surface area contributed by atoms with Crippen molar-refractivity contribution in [1.29, 1.82) is 0 Å². The number of hydrogen-bond donors (Lipinski definition) is 1. The van der Waals surface area contributed by atoms with Gasteiger partial charge < -0.3 is 10.1 Å². The molecular formula is C16H13ClF2N4O2S. The molecule has 10 heteroatoms. The van der Waals surface area contributed by atoms with Crippen LogP contribution in [0.4, 0.5) is 8.78 Å². The summed E-state index contributed by atoms with van der Waals surface area (Å²) in [6.45, 7) is 0.793. The standard InChI is InChI=1S/C16H13ClF2N4O2S/c1-16(18,19)25-10-4-2-9(3-5-10)13-14-15(26-8-21-14)23-11(22-13)7-20-12(24)6-17/h2-5,8H,6-7H2,1H3,(H,20,24). The Bertz CT molecular complexity index is 928. The first-order valence-electron chi connectivity index (χ1n) is 7.46. The number of ether oxygens (including phenoxy) is 1. The van der Waals surface area contributed by atoms with E-state index in [1.807, 2.05) is 0 Å². The maximum absolute atomic E-state index is 12.9. The van der Waals surface area contributed by atoms with Crippen LogP contribution in [0.15, 0.2) is 29.8 Å². The highest BCUT2D eigenvalue weighted by Gasteiger charge is 2.23. The smallest absolute Gasteiger partial charge is 0.394 e. The molecule has 1 aromatic carbocycles. The molecule has 0 spiro atoms. The minimum atomic E-state index is -3.26. The second-order valence-electron chi connectivity index (χ2n) is 5.34. The van der Waals surface area contributed by atoms with E-state index in [1.165, 1.54) is 23.5 Å². The summed E-state index contributed by atoms with van der Waals surface area (Å²) in [5, 5.41) is 2.60. The zero-order valence-corrected chi connectivity index (χ0v) is 15.1. The lowest BCUT2D eigenvalue weighted by atomic mass is 10.1. The SMILES string of the molecule is CC(F)(F)Oc1ccc(-c2nc(CNC(=O)CCl)nc3scnc23)cc1. The zero-order chi connectivity index (χ0) is 18.7. The average Bonchev–Trinajstić information content (AvgIpc) is 3.06. The first-order chi connectivity index (χ1) is 12.4. The number of alkyl halides is 3. The molecule has 0 saturated heterocycles. The number of carbonyl (C=O) groups is 1. The zero-order valence-electron chi connectivity index (χ0n) is 13.5. The Kier molecular flexibility index (Phi) is 5.28. The molecule has 3 rings (SSSR count). The second kappa shape index (κ2) is 7.46. The summed E-state index contributed by atoms with van der Waals surface area (Å²) in [5.41, 5.74) is 3.44. The molecule has 26 heavy (non-hydrogen) atoms. The largest absolute Gasteiger partial charge is 0.433 e. The molecule has 2 heterocycles. The maximum atomic E-state index is 12.9. The second-order valence-corrected chi connectivity index (χ2v) is 6.44. The molecular weight excluding hydrogens is 386 g/mol. The lowest BCUT2D eigenvalue weighted by Crippen LogP contribution is -2.24. The molecule has 0 aliphatic heterocycles. The molecule has 0 fully saturated rings. The van der Waals surface area contributed by atoms with Gasteiger partial charge in [0.05, 0.1) is 12.1 Å². The summed E-state index contributed by atoms with van der Waals surface area (Å²) in [7, 11) is 0. The van der Waals surface area contributed by atoms with Gasteiger partial charge in [-0.25, -0.2) is 15.0 Å². The van der Waals surface area contributed by atoms with Gasteiger partial charge in [-0.2, -0.15) is 8.78 Å². The first-order valence-corrected chi connectivity index (χ1v) is 8.87. The van der Waals surface area contributed by atoms with Crippen molar-refractivity contribution in [2.24, 2.45) is 0 Å². The van der Waals surface area contributed by atoms with E-state index in [0.29, 0.717) is 34.4 Å². The number of amides is 1. The van der Waals surface area contributed by atoms with Crippen LogP contribution >= 0.6 is 22.9 Å². The third kappa shape index (κ3) is 4.41. The van der Waals surface area contributed by atoms with Crippen LogP contribution in [0.25, 0.3) is 21.6 Å². The molecule has 0 radical (unpaired) electrons. The van der Waals surface area contributed by atoms with Gasteiger partial charge in [-0.05, 0) is 24.3 Å². The van der Waals surface area contributed by atoms with Crippen molar-refractivity contribution in [2.75, 3.05) is 5.88 Å². The van der Waals surface area contributed by atoms with E-state index in [1.54, 1.807) is 17.6 Å². The van der Waals surface area contributed by atoms with Gasteiger partial charge in [0.1, 0.15) is 33.5 Å². The van der Waals surface area contributed by atoms with Crippen LogP contribution in [0.5, 0.6) is 5.75 Å². The summed E-state index contributed by atoms with van der Waals surface area (Å²) >= 11 is 6.79. The number of nitrogens with one attached hydrogen (secondary N) is 1. The van der Waals surface area contributed by atoms with Crippen molar-refractivity contribution in [3.63, 3.8) is 0 Å². The third-order valence-corrected chi connectivity index (χ3v) is 4.20. The highest BCUT2D eigenvalue weighted by Crippen LogP contribution is 2.29. The van der Waals surface area contributed by atoms with Crippen LogP contribution in [0.3, 0.4) is 0 Å². The van der Waals surface area contributed by atoms with Crippen LogP contribution in [0.1, 0.15) is 12.7 Å². The van der Waals surface area contributed by atoms with Gasteiger partial charge in [-0.3, -0.25) is 4.79 Å². The number of hydrogen-bond acceptors (Lipinski definition) is 6. The van der Waals surface area contributed by atoms with E-state index in [0.717, 1.165) is 0 Å². The van der Waals surface area contributed by atoms with Crippen LogP contribution < -0.4 is 10.1 Å². The predicted molar refractivity (Wildman–Crippen MR) is 94.5 cm³/mol. The summed E-state index contributed by atoms with van der Waals surface area (Å²) in [5.74, 6) is -0.0441. The maximum Gasteiger partial charge on any atom is 0.394 e. The van der Waals surface area contributed by atoms with Gasteiger partial charge in [0, 0.05) is 12.5 Å². The normalized spacial score (nSPS) is 11.5. The van der Waals surface area contributed by atoms with Crippen LogP contribution in [0.2, 0.25) is 0 Å². The van der Waals surface area contributed by atoms with Crippen LogP contribution in [0, 0.1) is 0 Å². The van der Waals surface area contributed by atoms with Gasteiger partial charge >= 0.3 is 6.11 Å². The molecule has 3 aromatic rings. The summed E-state index contributed by atoms with van der Waals surface area (Å²) in [4.78, 5) is 25.0. The highest BCUT2D eigenvalue weighted by atomic mass is 35.5. The molecule has 1 N–H and O–H groups in total. The molecule has 6 nitrogen and oxygen atoms in total. The Balaban J connectivity index is 1.93. The summed E-state index contributed by atoms with van der Waals surface area (Å²) in [6.07, 6.45) is -3.26. The van der Waals surface area contributed by atoms with Gasteiger partial charge in [-0.15, -0.1) is 22.9 Å². The van der Waals surface area contributed by atoms with E-state index >= 15 is 0 Å². The van der Waals surface area contributed by atoms with Gasteiger partial charge in [0.2, 0.25) is 5.91 Å². The lowest BCUT2D eigenvalue weighted by molar-refractivity contribution is -0.158. The van der Waals surface area contributed by atoms with Gasteiger partial charge in [0.15, 0.2) is 0 Å². The minimum Gasteiger partial charge on any atom is -0.433 e. The minimum absolute atomic E-state index is 0.0411. The average molecular weight is 399 g/mol. The highest BCUT2D eigenvalue weighted by molar-refractivity contribution is 7.16. The van der Waals surface area contributed by atoms with Crippen molar-refractivity contribution in [2.45, 2.75) is 19.6 Å². The van der Waals surface area contributed by atoms with Gasteiger partial charge in [0.25, 0.3) is 0 Å². The predicted octanol–water partition coefficient (Wildman–Crippen LogP) is 3.60. The van der Waals surface area contributed by atoms with Crippen molar-refractivity contribution in [3.8, 4) is 17.0 Å². The number of aromatic nitrogens is 3. The Labute approximate surface area is 156 Å². The van der Waals surface area contributed by atoms with E-state index in [2.05, 4.69) is 25.0 Å². The molecule has 1 amide bonds. The topological polar surface area (TPSA) is 77.0 Å². The summed E-state index contributed by atoms with van der Waals surface area (Å²) < 4.78 is 30.4. The van der Waals surface area contributed by atoms with Gasteiger partial charge in [-0.1, -0.05) is 0 Å².